The summed E-state index contributed by atoms with van der Waals surface area (Å²) in [6.07, 6.45) is 10.5. The van der Waals surface area contributed by atoms with Gasteiger partial charge in [0.2, 0.25) is 0 Å². The molecule has 0 unspecified atom stereocenters. The summed E-state index contributed by atoms with van der Waals surface area (Å²) >= 11 is 0. The number of benzene rings is 1. The number of rotatable bonds is 9. The molecule has 2 bridgehead atoms. The zero-order valence-electron chi connectivity index (χ0n) is 22.9. The van der Waals surface area contributed by atoms with Crippen molar-refractivity contribution in [3.8, 4) is 11.4 Å². The first-order valence-corrected chi connectivity index (χ1v) is 14.1. The van der Waals surface area contributed by atoms with Crippen molar-refractivity contribution in [3.63, 3.8) is 0 Å². The van der Waals surface area contributed by atoms with E-state index in [0.717, 1.165) is 79.3 Å². The van der Waals surface area contributed by atoms with Crippen LogP contribution in [-0.2, 0) is 17.9 Å². The molecule has 41 heavy (non-hydrogen) atoms. The maximum atomic E-state index is 11.8. The fraction of sp³-hybridized carbons (Fsp3) is 0.355. The Labute approximate surface area is 237 Å². The summed E-state index contributed by atoms with van der Waals surface area (Å²) in [6, 6.07) is 9.95. The number of hydrogen-bond donors (Lipinski definition) is 3. The fourth-order valence-electron chi connectivity index (χ4n) is 6.60. The third-order valence-electron chi connectivity index (χ3n) is 9.37. The van der Waals surface area contributed by atoms with Gasteiger partial charge in [-0.05, 0) is 67.7 Å². The number of aliphatic carboxylic acids is 1. The highest BCUT2D eigenvalue weighted by Gasteiger charge is 2.52. The molecule has 3 aromatic heterocycles. The number of hydrogen-bond acceptors (Lipinski definition) is 7. The number of carbonyl (C=O) groups is 1. The second kappa shape index (κ2) is 9.50. The van der Waals surface area contributed by atoms with E-state index < -0.39 is 11.4 Å². The molecule has 0 spiro atoms. The molecule has 0 saturated heterocycles. The maximum Gasteiger partial charge on any atom is 0.309 e. The van der Waals surface area contributed by atoms with Crippen molar-refractivity contribution < 1.29 is 14.6 Å². The van der Waals surface area contributed by atoms with E-state index in [-0.39, 0.29) is 5.41 Å². The summed E-state index contributed by atoms with van der Waals surface area (Å²) in [5.41, 5.74) is 5.36. The number of nitrogens with zero attached hydrogens (tertiary/aromatic N) is 5. The van der Waals surface area contributed by atoms with Crippen LogP contribution in [0.5, 0.6) is 5.75 Å². The number of aromatic nitrogens is 5. The number of carboxylic acids is 1. The molecule has 0 atom stereocenters. The lowest BCUT2D eigenvalue weighted by atomic mass is 9.53. The van der Waals surface area contributed by atoms with Crippen LogP contribution in [0, 0.1) is 10.8 Å². The Bertz CT molecular complexity index is 1680. The van der Waals surface area contributed by atoms with Crippen LogP contribution < -0.4 is 15.4 Å². The summed E-state index contributed by atoms with van der Waals surface area (Å²) in [7, 11) is 0. The molecule has 3 fully saturated rings. The zero-order chi connectivity index (χ0) is 28.2. The SMILES string of the molecule is C=C(NCc1ccc2c(c1)-n1ccnc1CO2)c1cc(C(=C)NCC23CCC(C(=O)O)(CC2)CC3)n2nccc2n1. The molecule has 4 aliphatic rings. The lowest BCUT2D eigenvalue weighted by Gasteiger charge is -2.51. The topological polar surface area (TPSA) is 119 Å². The van der Waals surface area contributed by atoms with Crippen LogP contribution in [-0.4, -0.2) is 41.8 Å². The highest BCUT2D eigenvalue weighted by Crippen LogP contribution is 2.56. The van der Waals surface area contributed by atoms with Gasteiger partial charge in [-0.3, -0.25) is 9.36 Å². The second-order valence-corrected chi connectivity index (χ2v) is 11.7. The second-order valence-electron chi connectivity index (χ2n) is 11.7. The highest BCUT2D eigenvalue weighted by molar-refractivity contribution is 5.75. The van der Waals surface area contributed by atoms with Crippen LogP contribution in [0.25, 0.3) is 22.7 Å². The standard InChI is InChI=1S/C31H33N7O3/c1-20(33-17-22-3-4-26-25(15-22)37-14-13-32-28(37)18-41-26)23-16-24(38-27(36-23)5-12-35-38)21(2)34-19-30-6-9-31(10-7-30,11-8-30)29(39)40/h3-5,12-16,33-34H,1-2,6-11,17-19H2,(H,39,40). The Balaban J connectivity index is 1.05. The van der Waals surface area contributed by atoms with Crippen LogP contribution in [0.2, 0.25) is 0 Å². The van der Waals surface area contributed by atoms with Crippen LogP contribution in [0.1, 0.15) is 61.3 Å². The first kappa shape index (κ1) is 25.4. The van der Waals surface area contributed by atoms with Gasteiger partial charge in [-0.2, -0.15) is 5.10 Å². The molecule has 210 valence electrons. The van der Waals surface area contributed by atoms with Crippen LogP contribution in [0.4, 0.5) is 0 Å². The molecule has 10 nitrogen and oxygen atoms in total. The predicted octanol–water partition coefficient (Wildman–Crippen LogP) is 4.55. The quantitative estimate of drug-likeness (QED) is 0.277. The molecule has 8 rings (SSSR count). The van der Waals surface area contributed by atoms with Gasteiger partial charge in [0.25, 0.3) is 0 Å². The van der Waals surface area contributed by atoms with Gasteiger partial charge in [0.1, 0.15) is 12.4 Å². The van der Waals surface area contributed by atoms with Crippen molar-refractivity contribution in [2.45, 2.75) is 51.7 Å². The van der Waals surface area contributed by atoms with Crippen molar-refractivity contribution in [1.82, 2.24) is 34.8 Å². The predicted molar refractivity (Wildman–Crippen MR) is 154 cm³/mol. The zero-order valence-corrected chi connectivity index (χ0v) is 22.9. The Morgan fingerprint density at radius 2 is 1.83 bits per heavy atom. The van der Waals surface area contributed by atoms with Gasteiger partial charge in [-0.1, -0.05) is 19.2 Å². The van der Waals surface area contributed by atoms with E-state index in [4.69, 9.17) is 9.72 Å². The number of imidazole rings is 1. The van der Waals surface area contributed by atoms with Gasteiger partial charge in [-0.15, -0.1) is 0 Å². The van der Waals surface area contributed by atoms with Crippen molar-refractivity contribution in [3.05, 3.63) is 84.9 Å². The molecule has 1 aliphatic heterocycles. The molecule has 3 N–H and O–H groups in total. The van der Waals surface area contributed by atoms with Crippen molar-refractivity contribution >= 4 is 23.0 Å². The van der Waals surface area contributed by atoms with Crippen molar-refractivity contribution in [2.24, 2.45) is 10.8 Å². The van der Waals surface area contributed by atoms with Gasteiger partial charge >= 0.3 is 5.97 Å². The molecular weight excluding hydrogens is 518 g/mol. The van der Waals surface area contributed by atoms with E-state index in [1.54, 1.807) is 16.9 Å². The third kappa shape index (κ3) is 4.34. The lowest BCUT2D eigenvalue weighted by Crippen LogP contribution is -2.49. The Kier molecular flexibility index (Phi) is 5.88. The van der Waals surface area contributed by atoms with E-state index in [1.165, 1.54) is 0 Å². The molecule has 0 amide bonds. The smallest absolute Gasteiger partial charge is 0.309 e. The Morgan fingerprint density at radius 3 is 2.61 bits per heavy atom. The van der Waals surface area contributed by atoms with Crippen molar-refractivity contribution in [1.29, 1.82) is 0 Å². The first-order valence-electron chi connectivity index (χ1n) is 14.1. The van der Waals surface area contributed by atoms with Crippen LogP contribution >= 0.6 is 0 Å². The molecule has 1 aromatic carbocycles. The van der Waals surface area contributed by atoms with Gasteiger partial charge in [-0.25, -0.2) is 14.5 Å². The average molecular weight is 552 g/mol. The van der Waals surface area contributed by atoms with E-state index in [9.17, 15) is 9.90 Å². The minimum Gasteiger partial charge on any atom is -0.483 e. The van der Waals surface area contributed by atoms with Gasteiger partial charge < -0.3 is 20.5 Å². The Morgan fingerprint density at radius 1 is 1.02 bits per heavy atom. The highest BCUT2D eigenvalue weighted by atomic mass is 16.5. The molecular formula is C31H33N7O3. The minimum atomic E-state index is -0.629. The molecule has 4 heterocycles. The molecule has 4 aromatic rings. The molecule has 0 radical (unpaired) electrons. The molecule has 10 heteroatoms. The summed E-state index contributed by atoms with van der Waals surface area (Å²) in [4.78, 5) is 21.0. The van der Waals surface area contributed by atoms with Gasteiger partial charge in [0.15, 0.2) is 11.5 Å². The first-order chi connectivity index (χ1) is 19.8. The fourth-order valence-corrected chi connectivity index (χ4v) is 6.60. The van der Waals surface area contributed by atoms with Crippen molar-refractivity contribution in [2.75, 3.05) is 6.54 Å². The number of nitrogens with one attached hydrogen (secondary N) is 2. The third-order valence-corrected chi connectivity index (χ3v) is 9.37. The normalized spacial score (nSPS) is 22.4. The van der Waals surface area contributed by atoms with Crippen LogP contribution in [0.3, 0.4) is 0 Å². The van der Waals surface area contributed by atoms with Gasteiger partial charge in [0.05, 0.1) is 40.1 Å². The number of fused-ring (bicyclic) bond motifs is 7. The summed E-state index contributed by atoms with van der Waals surface area (Å²) in [6.45, 7) is 10.4. The monoisotopic (exact) mass is 551 g/mol. The summed E-state index contributed by atoms with van der Waals surface area (Å²) in [5, 5.41) is 21.2. The maximum absolute atomic E-state index is 11.8. The minimum absolute atomic E-state index is 0.113. The Hall–Kier alpha value is -4.60. The van der Waals surface area contributed by atoms with E-state index in [0.29, 0.717) is 30.2 Å². The lowest BCUT2D eigenvalue weighted by molar-refractivity contribution is -0.158. The average Bonchev–Trinajstić information content (AvgIpc) is 3.69. The number of ether oxygens (including phenoxy) is 1. The molecule has 3 saturated carbocycles. The number of carboxylic acid groups (broad SMARTS) is 1. The van der Waals surface area contributed by atoms with Crippen LogP contribution in [0.15, 0.2) is 62.1 Å². The largest absolute Gasteiger partial charge is 0.483 e. The van der Waals surface area contributed by atoms with E-state index in [1.807, 2.05) is 30.5 Å². The molecule has 3 aliphatic carbocycles. The van der Waals surface area contributed by atoms with E-state index in [2.05, 4.69) is 44.5 Å². The van der Waals surface area contributed by atoms with E-state index >= 15 is 0 Å². The van der Waals surface area contributed by atoms with Gasteiger partial charge in [0, 0.05) is 31.5 Å². The summed E-state index contributed by atoms with van der Waals surface area (Å²) < 4.78 is 9.68. The summed E-state index contributed by atoms with van der Waals surface area (Å²) in [5.74, 6) is 1.09.